The lowest BCUT2D eigenvalue weighted by molar-refractivity contribution is -0.296. The number of esters is 3. The molecule has 2 rings (SSSR count). The topological polar surface area (TPSA) is 396 Å². The van der Waals surface area contributed by atoms with Gasteiger partial charge in [-0.2, -0.15) is 0 Å². The number of phosphoric acid groups is 2. The Hall–Kier alpha value is -3.30. The van der Waals surface area contributed by atoms with Crippen molar-refractivity contribution in [3.8, 4) is 0 Å². The second kappa shape index (κ2) is 59.6. The van der Waals surface area contributed by atoms with Gasteiger partial charge in [0.1, 0.15) is 48.4 Å². The number of hydrogen-bond acceptors (Lipinski definition) is 20. The van der Waals surface area contributed by atoms with Crippen molar-refractivity contribution in [1.82, 2.24) is 10.6 Å². The molecule has 0 bridgehead atoms. The molecule has 10 N–H and O–H groups in total. The van der Waals surface area contributed by atoms with Crippen LogP contribution in [0, 0.1) is 0 Å². The van der Waals surface area contributed by atoms with E-state index < -0.39 is 170 Å². The van der Waals surface area contributed by atoms with E-state index >= 15 is 0 Å². The molecule has 608 valence electrons. The van der Waals surface area contributed by atoms with Crippen LogP contribution < -0.4 is 10.6 Å². The molecular weight excluding hydrogens is 1390 g/mol. The quantitative estimate of drug-likeness (QED) is 0.00675. The van der Waals surface area contributed by atoms with Gasteiger partial charge in [-0.1, -0.05) is 252 Å². The third-order valence-electron chi connectivity index (χ3n) is 19.1. The molecule has 0 unspecified atom stereocenters. The van der Waals surface area contributed by atoms with E-state index in [1.165, 1.54) is 25.7 Å². The van der Waals surface area contributed by atoms with Crippen molar-refractivity contribution in [3.63, 3.8) is 0 Å². The first-order valence-electron chi connectivity index (χ1n) is 40.3. The molecule has 2 aliphatic rings. The van der Waals surface area contributed by atoms with Gasteiger partial charge in [-0.3, -0.25) is 37.8 Å². The molecular formula is C76H140N2O24P2. The van der Waals surface area contributed by atoms with Crippen molar-refractivity contribution in [2.24, 2.45) is 0 Å². The second-order valence-corrected chi connectivity index (χ2v) is 31.2. The minimum atomic E-state index is -5.66. The van der Waals surface area contributed by atoms with Crippen LogP contribution in [0.15, 0.2) is 12.2 Å². The second-order valence-electron chi connectivity index (χ2n) is 28.8. The first-order valence-corrected chi connectivity index (χ1v) is 43.3. The smallest absolute Gasteiger partial charge is 0.462 e. The Labute approximate surface area is 622 Å². The summed E-state index contributed by atoms with van der Waals surface area (Å²) in [4.78, 5) is 125. The van der Waals surface area contributed by atoms with Crippen LogP contribution in [-0.2, 0) is 75.4 Å². The number of unbranched alkanes of at least 4 members (excludes halogenated alkanes) is 33. The molecule has 26 nitrogen and oxygen atoms in total. The third kappa shape index (κ3) is 47.6. The fourth-order valence-electron chi connectivity index (χ4n) is 13.2. The van der Waals surface area contributed by atoms with Crippen LogP contribution in [0.1, 0.15) is 343 Å². The minimum Gasteiger partial charge on any atom is -0.462 e. The largest absolute Gasteiger partial charge is 0.472 e. The summed E-state index contributed by atoms with van der Waals surface area (Å²) in [6.07, 6.45) is 19.4. The van der Waals surface area contributed by atoms with Gasteiger partial charge < -0.3 is 79.1 Å². The Morgan fingerprint density at radius 2 is 0.837 bits per heavy atom. The van der Waals surface area contributed by atoms with Gasteiger partial charge in [0.2, 0.25) is 11.8 Å². The van der Waals surface area contributed by atoms with Crippen molar-refractivity contribution >= 4 is 51.2 Å². The zero-order chi connectivity index (χ0) is 76.8. The maximum Gasteiger partial charge on any atom is 0.472 e. The van der Waals surface area contributed by atoms with E-state index in [9.17, 15) is 77.9 Å². The van der Waals surface area contributed by atoms with E-state index in [4.69, 9.17) is 37.5 Å². The predicted octanol–water partition coefficient (Wildman–Crippen LogP) is 13.8. The summed E-state index contributed by atoms with van der Waals surface area (Å²) in [6.45, 7) is 8.51. The van der Waals surface area contributed by atoms with Gasteiger partial charge in [-0.15, -0.1) is 0 Å². The Bertz CT molecular complexity index is 2400. The Morgan fingerprint density at radius 3 is 1.31 bits per heavy atom. The van der Waals surface area contributed by atoms with Crippen LogP contribution in [0.2, 0.25) is 0 Å². The first-order chi connectivity index (χ1) is 49.9. The summed E-state index contributed by atoms with van der Waals surface area (Å²) in [5.74, 6) is -5.18. The van der Waals surface area contributed by atoms with Gasteiger partial charge >= 0.3 is 33.6 Å². The highest BCUT2D eigenvalue weighted by atomic mass is 31.2. The standard InChI is InChI=1S/C76H140N2O24P2/c1-6-11-16-21-25-28-29-32-36-41-46-51-66(85)96-61(50-45-40-35-31-27-23-18-13-8-3)55-65(84)78-70-74(100-68(87)54-60(82)48-42-37-20-15-10-5)72(101-103(89,90)91)62(56-79)97-75(70)95-57-63-71(88)73(99-67(86)53-59(81)49-44-38-33-24-19-14-9-4)69(76(98-63)102-104(92,93)94)77-64(83)52-58(80)47-43-39-34-30-26-22-17-12-7-2/h28-29,59-63,69-76,79,81-82,88H,6-27,30-57H2,1-5H3,(H,77,83)(H,78,84)(H2,89,90,91)(H2,92,93,94)/b29-28-/t59-,60-,61-,62-,63-,69-,70-,71-,72-,73-,74-,75-,76-/m1/s1. The summed E-state index contributed by atoms with van der Waals surface area (Å²) in [5.41, 5.74) is 0. The predicted molar refractivity (Wildman–Crippen MR) is 396 cm³/mol. The highest BCUT2D eigenvalue weighted by Crippen LogP contribution is 2.44. The van der Waals surface area contributed by atoms with Crippen molar-refractivity contribution in [2.45, 2.75) is 422 Å². The average Bonchev–Trinajstić information content (AvgIpc) is 0.782. The summed E-state index contributed by atoms with van der Waals surface area (Å²) >= 11 is 0. The summed E-state index contributed by atoms with van der Waals surface area (Å²) in [7, 11) is -11.3. The number of nitrogens with one attached hydrogen (secondary N) is 2. The molecule has 2 aliphatic heterocycles. The SMILES string of the molecule is CCCCCC/C=C\CCCCCC(=O)O[C@H](CCCCCCCCCCC)CC(=O)N[C@H]1[C@H](OC[C@H]2O[C@H](OP(=O)(O)O)[C@H](NC(=O)CC(=O)CCCCCCCCCCC)[C@@H](OC(=O)C[C@H](O)CCCCCCCCC)[C@@H]2O)O[C@H](CO)[C@@H](OP(=O)(O)O)[C@@H]1OC(=O)C[C@H](O)CCCCCCC. The van der Waals surface area contributed by atoms with Crippen LogP contribution in [0.4, 0.5) is 0 Å². The molecule has 0 aliphatic carbocycles. The fraction of sp³-hybridized carbons (Fsp3) is 0.895. The van der Waals surface area contributed by atoms with Crippen LogP contribution in [0.25, 0.3) is 0 Å². The van der Waals surface area contributed by atoms with E-state index in [-0.39, 0.29) is 32.1 Å². The van der Waals surface area contributed by atoms with Gasteiger partial charge in [0.25, 0.3) is 0 Å². The molecule has 0 aromatic rings. The maximum absolute atomic E-state index is 14.8. The molecule has 13 atom stereocenters. The number of amides is 2. The van der Waals surface area contributed by atoms with Crippen molar-refractivity contribution in [3.05, 3.63) is 12.2 Å². The molecule has 0 aromatic carbocycles. The Kier molecular flexibility index (Phi) is 55.4. The van der Waals surface area contributed by atoms with Crippen LogP contribution in [-0.4, -0.2) is 168 Å². The fourth-order valence-corrected chi connectivity index (χ4v) is 14.2. The molecule has 104 heavy (non-hydrogen) atoms. The molecule has 2 heterocycles. The van der Waals surface area contributed by atoms with Crippen LogP contribution in [0.3, 0.4) is 0 Å². The van der Waals surface area contributed by atoms with Gasteiger partial charge in [0, 0.05) is 12.8 Å². The number of ketones is 1. The van der Waals surface area contributed by atoms with E-state index in [1.54, 1.807) is 0 Å². The molecule has 2 fully saturated rings. The average molecular weight is 1530 g/mol. The molecule has 28 heteroatoms. The number of phosphoric ester groups is 2. The number of ether oxygens (including phenoxy) is 6. The van der Waals surface area contributed by atoms with Gasteiger partial charge in [-0.05, 0) is 64.2 Å². The van der Waals surface area contributed by atoms with Crippen LogP contribution in [0.5, 0.6) is 0 Å². The normalized spacial score (nSPS) is 21.7. The lowest BCUT2D eigenvalue weighted by Gasteiger charge is -2.47. The van der Waals surface area contributed by atoms with E-state index in [1.807, 2.05) is 6.92 Å². The molecule has 0 saturated carbocycles. The van der Waals surface area contributed by atoms with E-state index in [0.29, 0.717) is 32.1 Å². The lowest BCUT2D eigenvalue weighted by atomic mass is 9.95. The highest BCUT2D eigenvalue weighted by Gasteiger charge is 2.55. The number of aliphatic hydroxyl groups is 4. The summed E-state index contributed by atoms with van der Waals surface area (Å²) in [6, 6.07) is -3.86. The zero-order valence-electron chi connectivity index (χ0n) is 64.0. The van der Waals surface area contributed by atoms with Gasteiger partial charge in [0.05, 0.1) is 51.1 Å². The molecule has 0 aromatic heterocycles. The highest BCUT2D eigenvalue weighted by molar-refractivity contribution is 7.46. The third-order valence-corrected chi connectivity index (χ3v) is 20.1. The first kappa shape index (κ1) is 96.8. The van der Waals surface area contributed by atoms with Crippen molar-refractivity contribution in [1.29, 1.82) is 0 Å². The van der Waals surface area contributed by atoms with Gasteiger partial charge in [-0.25, -0.2) is 9.13 Å². The number of carbonyl (C=O) groups excluding carboxylic acids is 6. The van der Waals surface area contributed by atoms with Crippen LogP contribution >= 0.6 is 15.6 Å². The molecule has 0 radical (unpaired) electrons. The molecule has 2 saturated heterocycles. The molecule has 0 spiro atoms. The summed E-state index contributed by atoms with van der Waals surface area (Å²) in [5, 5.41) is 50.4. The monoisotopic (exact) mass is 1530 g/mol. The Morgan fingerprint density at radius 1 is 0.442 bits per heavy atom. The number of carbonyl (C=O) groups is 6. The minimum absolute atomic E-state index is 0.0322. The molecule has 2 amide bonds. The number of rotatable bonds is 66. The zero-order valence-corrected chi connectivity index (χ0v) is 65.8. The van der Waals surface area contributed by atoms with Crippen molar-refractivity contribution in [2.75, 3.05) is 13.2 Å². The number of Topliss-reactive ketones (excluding diaryl/α,β-unsaturated/α-hetero) is 1. The lowest BCUT2D eigenvalue weighted by Crippen LogP contribution is -2.68. The van der Waals surface area contributed by atoms with E-state index in [2.05, 4.69) is 50.5 Å². The van der Waals surface area contributed by atoms with Gasteiger partial charge in [0.15, 0.2) is 24.8 Å². The number of aliphatic hydroxyl groups excluding tert-OH is 4. The van der Waals surface area contributed by atoms with Crippen molar-refractivity contribution < 1.29 is 115 Å². The summed E-state index contributed by atoms with van der Waals surface area (Å²) < 4.78 is 72.1. The number of hydrogen-bond donors (Lipinski definition) is 10. The Balaban J connectivity index is 2.69. The number of allylic oxidation sites excluding steroid dienone is 2. The van der Waals surface area contributed by atoms with E-state index in [0.717, 1.165) is 193 Å². The maximum atomic E-state index is 14.8.